The van der Waals surface area contributed by atoms with Crippen LogP contribution < -0.4 is 0 Å². The Morgan fingerprint density at radius 1 is 0.952 bits per heavy atom. The van der Waals surface area contributed by atoms with E-state index in [0.717, 1.165) is 0 Å². The van der Waals surface area contributed by atoms with E-state index in [1.165, 1.54) is 20.8 Å². The number of rotatable bonds is 6. The van der Waals surface area contributed by atoms with Crippen LogP contribution in [0, 0.1) is 0 Å². The molecule has 4 atom stereocenters. The molecule has 0 unspecified atom stereocenters. The minimum absolute atomic E-state index is 0.130. The van der Waals surface area contributed by atoms with Crippen molar-refractivity contribution in [2.75, 3.05) is 13.2 Å². The molecule has 1 aliphatic heterocycles. The van der Waals surface area contributed by atoms with Crippen LogP contribution in [0.2, 0.25) is 0 Å². The van der Waals surface area contributed by atoms with Crippen LogP contribution in [0.25, 0.3) is 0 Å². The molecule has 8 heteroatoms. The van der Waals surface area contributed by atoms with Crippen molar-refractivity contribution >= 4 is 17.9 Å². The lowest BCUT2D eigenvalue weighted by Crippen LogP contribution is -2.41. The minimum atomic E-state index is -0.910. The van der Waals surface area contributed by atoms with Gasteiger partial charge in [0.05, 0.1) is 0 Å². The highest BCUT2D eigenvalue weighted by molar-refractivity contribution is 5.67. The predicted octanol–water partition coefficient (Wildman–Crippen LogP) is 0.174. The van der Waals surface area contributed by atoms with E-state index in [4.69, 9.17) is 23.7 Å². The molecule has 1 aliphatic rings. The van der Waals surface area contributed by atoms with E-state index in [9.17, 15) is 14.4 Å². The van der Waals surface area contributed by atoms with Gasteiger partial charge in [-0.25, -0.2) is 0 Å². The number of ether oxygens (including phenoxy) is 5. The van der Waals surface area contributed by atoms with Crippen LogP contribution in [0.4, 0.5) is 0 Å². The van der Waals surface area contributed by atoms with E-state index in [0.29, 0.717) is 6.61 Å². The zero-order chi connectivity index (χ0) is 16.0. The van der Waals surface area contributed by atoms with Gasteiger partial charge in [0.1, 0.15) is 12.7 Å². The molecule has 1 rings (SSSR count). The highest BCUT2D eigenvalue weighted by Crippen LogP contribution is 2.28. The summed E-state index contributed by atoms with van der Waals surface area (Å²) in [5, 5.41) is 0. The van der Waals surface area contributed by atoms with Gasteiger partial charge in [0.2, 0.25) is 0 Å². The summed E-state index contributed by atoms with van der Waals surface area (Å²) in [4.78, 5) is 33.3. The standard InChI is InChI=1S/C13H20O8/c1-5-17-13-12(20-9(4)16)11(19-8(3)15)10(21-13)6-18-7(2)14/h10-13H,5-6H2,1-4H3/t10-,11-,12-,13-/m1/s1. The zero-order valence-corrected chi connectivity index (χ0v) is 12.5. The molecular formula is C13H20O8. The van der Waals surface area contributed by atoms with Crippen molar-refractivity contribution in [1.29, 1.82) is 0 Å². The first-order valence-corrected chi connectivity index (χ1v) is 6.60. The highest BCUT2D eigenvalue weighted by atomic mass is 16.7. The van der Waals surface area contributed by atoms with Gasteiger partial charge < -0.3 is 23.7 Å². The van der Waals surface area contributed by atoms with Crippen molar-refractivity contribution < 1.29 is 38.1 Å². The van der Waals surface area contributed by atoms with Gasteiger partial charge in [-0.3, -0.25) is 14.4 Å². The third kappa shape index (κ3) is 5.31. The third-order valence-corrected chi connectivity index (χ3v) is 2.65. The van der Waals surface area contributed by atoms with E-state index >= 15 is 0 Å². The van der Waals surface area contributed by atoms with Crippen molar-refractivity contribution in [1.82, 2.24) is 0 Å². The number of hydrogen-bond acceptors (Lipinski definition) is 8. The fourth-order valence-electron chi connectivity index (χ4n) is 1.97. The van der Waals surface area contributed by atoms with Crippen LogP contribution >= 0.6 is 0 Å². The SMILES string of the molecule is CCO[C@@H]1O[C@H](COC(C)=O)[C@@H](OC(C)=O)[C@H]1OC(C)=O. The van der Waals surface area contributed by atoms with Crippen LogP contribution in [-0.2, 0) is 38.1 Å². The average Bonchev–Trinajstić information content (AvgIpc) is 2.65. The summed E-state index contributed by atoms with van der Waals surface area (Å²) in [7, 11) is 0. The normalized spacial score (nSPS) is 28.0. The summed E-state index contributed by atoms with van der Waals surface area (Å²) in [6.45, 7) is 5.63. The zero-order valence-electron chi connectivity index (χ0n) is 12.5. The van der Waals surface area contributed by atoms with Crippen molar-refractivity contribution in [2.45, 2.75) is 52.3 Å². The number of carbonyl (C=O) groups excluding carboxylic acids is 3. The monoisotopic (exact) mass is 304 g/mol. The second-order valence-corrected chi connectivity index (χ2v) is 4.45. The summed E-state index contributed by atoms with van der Waals surface area (Å²) < 4.78 is 26.0. The molecule has 0 aliphatic carbocycles. The molecule has 1 fully saturated rings. The lowest BCUT2D eigenvalue weighted by atomic mass is 10.1. The van der Waals surface area contributed by atoms with E-state index in [2.05, 4.69) is 0 Å². The van der Waals surface area contributed by atoms with Gasteiger partial charge in [-0.15, -0.1) is 0 Å². The molecule has 21 heavy (non-hydrogen) atoms. The van der Waals surface area contributed by atoms with Crippen molar-refractivity contribution in [3.8, 4) is 0 Å². The van der Waals surface area contributed by atoms with E-state index in [1.807, 2.05) is 0 Å². The van der Waals surface area contributed by atoms with Crippen molar-refractivity contribution in [3.05, 3.63) is 0 Å². The van der Waals surface area contributed by atoms with Crippen molar-refractivity contribution in [3.63, 3.8) is 0 Å². The maximum atomic E-state index is 11.2. The Kier molecular flexibility index (Phi) is 6.57. The van der Waals surface area contributed by atoms with Gasteiger partial charge in [-0.1, -0.05) is 0 Å². The van der Waals surface area contributed by atoms with E-state index in [1.54, 1.807) is 6.92 Å². The molecule has 0 amide bonds. The molecule has 0 saturated carbocycles. The fourth-order valence-corrected chi connectivity index (χ4v) is 1.97. The molecule has 1 heterocycles. The Morgan fingerprint density at radius 2 is 1.52 bits per heavy atom. The largest absolute Gasteiger partial charge is 0.463 e. The van der Waals surface area contributed by atoms with E-state index < -0.39 is 42.5 Å². The molecule has 0 aromatic carbocycles. The molecule has 0 N–H and O–H groups in total. The van der Waals surface area contributed by atoms with Gasteiger partial charge >= 0.3 is 17.9 Å². The number of esters is 3. The van der Waals surface area contributed by atoms with Crippen LogP contribution in [0.15, 0.2) is 0 Å². The fraction of sp³-hybridized carbons (Fsp3) is 0.769. The van der Waals surface area contributed by atoms with Gasteiger partial charge in [-0.05, 0) is 6.92 Å². The van der Waals surface area contributed by atoms with Crippen LogP contribution in [-0.4, -0.2) is 55.7 Å². The molecule has 120 valence electrons. The lowest BCUT2D eigenvalue weighted by molar-refractivity contribution is -0.188. The Bertz CT molecular complexity index is 394. The second kappa shape index (κ2) is 7.94. The Morgan fingerprint density at radius 3 is 2.00 bits per heavy atom. The molecule has 0 spiro atoms. The quantitative estimate of drug-likeness (QED) is 0.506. The van der Waals surface area contributed by atoms with Gasteiger partial charge in [0.15, 0.2) is 18.5 Å². The number of carbonyl (C=O) groups is 3. The summed E-state index contributed by atoms with van der Waals surface area (Å²) in [6, 6.07) is 0. The summed E-state index contributed by atoms with van der Waals surface area (Å²) in [5.41, 5.74) is 0. The third-order valence-electron chi connectivity index (χ3n) is 2.65. The molecule has 0 aromatic heterocycles. The first kappa shape index (κ1) is 17.4. The Balaban J connectivity index is 2.87. The molecule has 8 nitrogen and oxygen atoms in total. The van der Waals surface area contributed by atoms with Crippen LogP contribution in [0.1, 0.15) is 27.7 Å². The minimum Gasteiger partial charge on any atom is -0.463 e. The molecule has 0 bridgehead atoms. The summed E-state index contributed by atoms with van der Waals surface area (Å²) in [5.74, 6) is -1.62. The second-order valence-electron chi connectivity index (χ2n) is 4.45. The molecule has 0 aromatic rings. The predicted molar refractivity (Wildman–Crippen MR) is 68.0 cm³/mol. The maximum absolute atomic E-state index is 11.2. The number of hydrogen-bond donors (Lipinski definition) is 0. The summed E-state index contributed by atoms with van der Waals surface area (Å²) >= 11 is 0. The Labute approximate surface area is 122 Å². The Hall–Kier alpha value is -1.67. The first-order chi connectivity index (χ1) is 9.85. The maximum Gasteiger partial charge on any atom is 0.303 e. The van der Waals surface area contributed by atoms with E-state index in [-0.39, 0.29) is 6.61 Å². The van der Waals surface area contributed by atoms with Gasteiger partial charge in [0.25, 0.3) is 0 Å². The van der Waals surface area contributed by atoms with Crippen LogP contribution in [0.5, 0.6) is 0 Å². The molecule has 1 saturated heterocycles. The van der Waals surface area contributed by atoms with Crippen LogP contribution in [0.3, 0.4) is 0 Å². The van der Waals surface area contributed by atoms with Gasteiger partial charge in [-0.2, -0.15) is 0 Å². The lowest BCUT2D eigenvalue weighted by Gasteiger charge is -2.22. The smallest absolute Gasteiger partial charge is 0.303 e. The van der Waals surface area contributed by atoms with Crippen molar-refractivity contribution in [2.24, 2.45) is 0 Å². The molecule has 0 radical (unpaired) electrons. The highest BCUT2D eigenvalue weighted by Gasteiger charge is 2.50. The topological polar surface area (TPSA) is 97.4 Å². The molecular weight excluding hydrogens is 284 g/mol. The first-order valence-electron chi connectivity index (χ1n) is 6.60. The van der Waals surface area contributed by atoms with Gasteiger partial charge in [0, 0.05) is 27.4 Å². The average molecular weight is 304 g/mol. The summed E-state index contributed by atoms with van der Waals surface area (Å²) in [6.07, 6.45) is -3.46.